The Kier molecular flexibility index (Phi) is 4.27. The second-order valence-electron chi connectivity index (χ2n) is 4.95. The van der Waals surface area contributed by atoms with Gasteiger partial charge in [0.25, 0.3) is 0 Å². The minimum atomic E-state index is -4.33. The van der Waals surface area contributed by atoms with Crippen LogP contribution in [0.5, 0.6) is 0 Å². The molecule has 5 heteroatoms. The van der Waals surface area contributed by atoms with Crippen LogP contribution < -0.4 is 0 Å². The van der Waals surface area contributed by atoms with E-state index in [1.165, 1.54) is 6.07 Å². The van der Waals surface area contributed by atoms with Gasteiger partial charge in [-0.05, 0) is 44.8 Å². The summed E-state index contributed by atoms with van der Waals surface area (Å²) in [7, 11) is -1.84. The van der Waals surface area contributed by atoms with Gasteiger partial charge < -0.3 is 4.43 Å². The van der Waals surface area contributed by atoms with Crippen molar-refractivity contribution in [2.45, 2.75) is 32.7 Å². The first-order valence-corrected chi connectivity index (χ1v) is 9.07. The predicted octanol–water partition coefficient (Wildman–Crippen LogP) is 4.92. The highest BCUT2D eigenvalue weighted by Crippen LogP contribution is 2.31. The van der Waals surface area contributed by atoms with Crippen LogP contribution in [-0.4, -0.2) is 8.32 Å². The smallest absolute Gasteiger partial charge is 0.416 e. The van der Waals surface area contributed by atoms with E-state index in [9.17, 15) is 13.2 Å². The van der Waals surface area contributed by atoms with Crippen molar-refractivity contribution in [1.29, 1.82) is 0 Å². The summed E-state index contributed by atoms with van der Waals surface area (Å²) in [6.07, 6.45) is -2.62. The minimum absolute atomic E-state index is 0.467. The molecule has 0 bridgehead atoms. The van der Waals surface area contributed by atoms with Crippen LogP contribution in [0.3, 0.4) is 0 Å². The summed E-state index contributed by atoms with van der Waals surface area (Å²) in [5.74, 6) is 0.514. The Hall–Kier alpha value is -1.23. The lowest BCUT2D eigenvalue weighted by atomic mass is 10.1. The largest absolute Gasteiger partial charge is 0.544 e. The quantitative estimate of drug-likeness (QED) is 0.561. The molecule has 0 N–H and O–H groups in total. The second kappa shape index (κ2) is 5.18. The number of hydrogen-bond acceptors (Lipinski definition) is 1. The lowest BCUT2D eigenvalue weighted by Crippen LogP contribution is -2.24. The van der Waals surface area contributed by atoms with Gasteiger partial charge in [-0.1, -0.05) is 12.1 Å². The fourth-order valence-corrected chi connectivity index (χ4v) is 2.36. The normalized spacial score (nSPS) is 13.6. The van der Waals surface area contributed by atoms with Crippen LogP contribution in [0.2, 0.25) is 19.6 Å². The molecule has 100 valence electrons. The number of halogens is 3. The van der Waals surface area contributed by atoms with Crippen molar-refractivity contribution in [1.82, 2.24) is 0 Å². The van der Waals surface area contributed by atoms with Gasteiger partial charge in [0.05, 0.1) is 5.56 Å². The summed E-state index contributed by atoms with van der Waals surface area (Å²) in [6.45, 7) is 7.73. The predicted molar refractivity (Wildman–Crippen MR) is 69.5 cm³/mol. The second-order valence-corrected chi connectivity index (χ2v) is 9.37. The summed E-state index contributed by atoms with van der Waals surface area (Å²) < 4.78 is 43.6. The highest BCUT2D eigenvalue weighted by molar-refractivity contribution is 6.70. The first-order valence-electron chi connectivity index (χ1n) is 5.66. The van der Waals surface area contributed by atoms with Crippen LogP contribution in [0.15, 0.2) is 30.3 Å². The van der Waals surface area contributed by atoms with Crippen molar-refractivity contribution < 1.29 is 17.6 Å². The molecule has 0 heterocycles. The lowest BCUT2D eigenvalue weighted by Gasteiger charge is -2.22. The molecule has 0 aliphatic rings. The molecule has 0 atom stereocenters. The molecule has 0 aromatic heterocycles. The monoisotopic (exact) mass is 274 g/mol. The van der Waals surface area contributed by atoms with Crippen LogP contribution in [0, 0.1) is 0 Å². The summed E-state index contributed by atoms with van der Waals surface area (Å²) in [6, 6.07) is 5.21. The maximum atomic E-state index is 12.6. The zero-order valence-electron chi connectivity index (χ0n) is 10.9. The maximum absolute atomic E-state index is 12.6. The number of benzene rings is 1. The van der Waals surface area contributed by atoms with E-state index < -0.39 is 20.1 Å². The van der Waals surface area contributed by atoms with E-state index in [2.05, 4.69) is 0 Å². The molecule has 0 saturated carbocycles. The van der Waals surface area contributed by atoms with Crippen LogP contribution in [0.25, 0.3) is 5.76 Å². The topological polar surface area (TPSA) is 9.23 Å². The van der Waals surface area contributed by atoms with Gasteiger partial charge in [0.1, 0.15) is 5.76 Å². The Morgan fingerprint density at radius 1 is 1.22 bits per heavy atom. The van der Waals surface area contributed by atoms with Crippen LogP contribution in [0.4, 0.5) is 13.2 Å². The summed E-state index contributed by atoms with van der Waals surface area (Å²) in [4.78, 5) is 0. The van der Waals surface area contributed by atoms with E-state index in [4.69, 9.17) is 4.43 Å². The van der Waals surface area contributed by atoms with Crippen LogP contribution in [-0.2, 0) is 10.6 Å². The summed E-state index contributed by atoms with van der Waals surface area (Å²) >= 11 is 0. The Labute approximate surface area is 106 Å². The van der Waals surface area contributed by atoms with Crippen molar-refractivity contribution in [2.75, 3.05) is 0 Å². The Bertz CT molecular complexity index is 444. The van der Waals surface area contributed by atoms with Gasteiger partial charge in [0.2, 0.25) is 8.32 Å². The molecule has 1 nitrogen and oxygen atoms in total. The third-order valence-corrected chi connectivity index (χ3v) is 2.99. The Morgan fingerprint density at radius 3 is 2.28 bits per heavy atom. The molecule has 0 saturated heterocycles. The van der Waals surface area contributed by atoms with E-state index in [0.717, 1.165) is 12.1 Å². The Balaban J connectivity index is 3.09. The zero-order chi connectivity index (χ0) is 14.0. The van der Waals surface area contributed by atoms with Crippen molar-refractivity contribution >= 4 is 14.1 Å². The fourth-order valence-electron chi connectivity index (χ4n) is 1.46. The first-order chi connectivity index (χ1) is 8.13. The third-order valence-electron chi connectivity index (χ3n) is 2.15. The molecule has 0 spiro atoms. The van der Waals surface area contributed by atoms with E-state index >= 15 is 0 Å². The molecule has 1 aromatic carbocycles. The highest BCUT2D eigenvalue weighted by atomic mass is 28.4. The van der Waals surface area contributed by atoms with E-state index in [0.29, 0.717) is 11.3 Å². The van der Waals surface area contributed by atoms with Crippen LogP contribution in [0.1, 0.15) is 18.1 Å². The van der Waals surface area contributed by atoms with Crippen LogP contribution >= 0.6 is 0 Å². The first kappa shape index (κ1) is 14.8. The van der Waals surface area contributed by atoms with Gasteiger partial charge in [-0.25, -0.2) is 0 Å². The third kappa shape index (κ3) is 4.22. The van der Waals surface area contributed by atoms with Crippen molar-refractivity contribution in [2.24, 2.45) is 0 Å². The van der Waals surface area contributed by atoms with E-state index in [-0.39, 0.29) is 0 Å². The maximum Gasteiger partial charge on any atom is 0.416 e. The molecule has 0 radical (unpaired) electrons. The highest BCUT2D eigenvalue weighted by Gasteiger charge is 2.30. The van der Waals surface area contributed by atoms with Gasteiger partial charge in [0, 0.05) is 5.56 Å². The van der Waals surface area contributed by atoms with Gasteiger partial charge in [-0.2, -0.15) is 13.2 Å². The number of alkyl halides is 3. The molecule has 1 rings (SSSR count). The standard InChI is InChI=1S/C13H17F3OSi/c1-5-12(17-18(2,3)4)10-7-6-8-11(9-10)13(14,15)16/h5-9H,1-4H3/b12-5-. The van der Waals surface area contributed by atoms with Gasteiger partial charge in [-0.15, -0.1) is 0 Å². The van der Waals surface area contributed by atoms with Crippen molar-refractivity contribution in [3.05, 3.63) is 41.5 Å². The Morgan fingerprint density at radius 2 is 1.83 bits per heavy atom. The van der Waals surface area contributed by atoms with Gasteiger partial charge in [-0.3, -0.25) is 0 Å². The van der Waals surface area contributed by atoms with Crippen molar-refractivity contribution in [3.8, 4) is 0 Å². The zero-order valence-corrected chi connectivity index (χ0v) is 11.9. The molecular formula is C13H17F3OSi. The lowest BCUT2D eigenvalue weighted by molar-refractivity contribution is -0.137. The van der Waals surface area contributed by atoms with E-state index in [1.807, 2.05) is 19.6 Å². The molecular weight excluding hydrogens is 257 g/mol. The summed E-state index contributed by atoms with van der Waals surface area (Å²) in [5, 5.41) is 0. The molecule has 0 aliphatic heterocycles. The summed E-state index contributed by atoms with van der Waals surface area (Å²) in [5.41, 5.74) is -0.187. The number of hydrogen-bond donors (Lipinski definition) is 0. The number of rotatable bonds is 3. The van der Waals surface area contributed by atoms with Gasteiger partial charge >= 0.3 is 6.18 Å². The SMILES string of the molecule is C/C=C(\O[Si](C)(C)C)c1cccc(C(F)(F)F)c1. The average molecular weight is 274 g/mol. The number of allylic oxidation sites excluding steroid dienone is 1. The average Bonchev–Trinajstić information content (AvgIpc) is 2.23. The molecule has 0 aliphatic carbocycles. The molecule has 0 amide bonds. The molecule has 0 unspecified atom stereocenters. The minimum Gasteiger partial charge on any atom is -0.544 e. The van der Waals surface area contributed by atoms with E-state index in [1.54, 1.807) is 19.1 Å². The van der Waals surface area contributed by atoms with Gasteiger partial charge in [0.15, 0.2) is 0 Å². The molecule has 1 aromatic rings. The van der Waals surface area contributed by atoms with Crippen molar-refractivity contribution in [3.63, 3.8) is 0 Å². The molecule has 0 fully saturated rings. The molecule has 18 heavy (non-hydrogen) atoms. The fraction of sp³-hybridized carbons (Fsp3) is 0.385.